The van der Waals surface area contributed by atoms with Crippen molar-refractivity contribution in [3.05, 3.63) is 89.8 Å². The number of nitrogens with one attached hydrogen (secondary N) is 2. The van der Waals surface area contributed by atoms with Crippen LogP contribution in [0.3, 0.4) is 0 Å². The lowest BCUT2D eigenvalue weighted by atomic mass is 10.1. The minimum atomic E-state index is -0.579. The van der Waals surface area contributed by atoms with Gasteiger partial charge in [0.15, 0.2) is 0 Å². The Morgan fingerprint density at radius 2 is 1.86 bits per heavy atom. The summed E-state index contributed by atoms with van der Waals surface area (Å²) >= 11 is 2.99. The second-order valence-electron chi connectivity index (χ2n) is 7.42. The predicted molar refractivity (Wildman–Crippen MR) is 137 cm³/mol. The molecule has 0 saturated carbocycles. The molecule has 10 heteroatoms. The summed E-state index contributed by atoms with van der Waals surface area (Å²) < 4.78 is 5.31. The third-order valence-electron chi connectivity index (χ3n) is 5.16. The van der Waals surface area contributed by atoms with Gasteiger partial charge in [-0.1, -0.05) is 65.4 Å². The number of carbonyl (C=O) groups excluding carboxylic acids is 1. The van der Waals surface area contributed by atoms with E-state index in [1.54, 1.807) is 18.4 Å². The number of pyridine rings is 1. The third kappa shape index (κ3) is 5.39. The maximum atomic E-state index is 13.3. The van der Waals surface area contributed by atoms with Crippen LogP contribution in [0.2, 0.25) is 0 Å². The fraction of sp³-hybridized carbons (Fsp3) is 0.0800. The van der Waals surface area contributed by atoms with Crippen molar-refractivity contribution >= 4 is 35.0 Å². The van der Waals surface area contributed by atoms with Gasteiger partial charge in [-0.3, -0.25) is 10.1 Å². The van der Waals surface area contributed by atoms with Crippen LogP contribution in [0, 0.1) is 0 Å². The number of hydrogen-bond acceptors (Lipinski definition) is 8. The highest BCUT2D eigenvalue weighted by Gasteiger charge is 2.24. The lowest BCUT2D eigenvalue weighted by Gasteiger charge is -2.16. The van der Waals surface area contributed by atoms with E-state index in [9.17, 15) is 4.79 Å². The number of tetrazole rings is 1. The summed E-state index contributed by atoms with van der Waals surface area (Å²) in [6, 6.07) is 25.5. The smallest absolute Gasteiger partial charge is 0.269 e. The summed E-state index contributed by atoms with van der Waals surface area (Å²) in [5.41, 5.74) is 3.72. The molecule has 0 radical (unpaired) electrons. The van der Waals surface area contributed by atoms with E-state index in [0.717, 1.165) is 38.0 Å². The van der Waals surface area contributed by atoms with Gasteiger partial charge in [0.25, 0.3) is 5.95 Å². The van der Waals surface area contributed by atoms with Crippen molar-refractivity contribution in [2.75, 3.05) is 12.4 Å². The molecule has 3 heterocycles. The second kappa shape index (κ2) is 10.5. The van der Waals surface area contributed by atoms with E-state index in [0.29, 0.717) is 0 Å². The average molecular weight is 501 g/mol. The molecule has 1 atom stereocenters. The number of hydrogen-bond donors (Lipinski definition) is 2. The number of H-pyrrole nitrogens is 1. The molecule has 0 aliphatic carbocycles. The normalized spacial score (nSPS) is 11.7. The van der Waals surface area contributed by atoms with Crippen LogP contribution in [0.5, 0.6) is 5.75 Å². The molecule has 0 bridgehead atoms. The van der Waals surface area contributed by atoms with Crippen molar-refractivity contribution in [1.29, 1.82) is 0 Å². The Morgan fingerprint density at radius 3 is 2.54 bits per heavy atom. The number of thioether (sulfide) groups is 1. The fourth-order valence-electron chi connectivity index (χ4n) is 3.48. The van der Waals surface area contributed by atoms with Gasteiger partial charge in [0.1, 0.15) is 11.0 Å². The molecule has 174 valence electrons. The standard InChI is InChI=1S/C25H20N6O2S2/c1-33-19-11-9-16(10-12-19)18-14-20(21-8-5-13-34-21)26-22(15-18)35-23(17-6-3-2-4-7-17)24(32)27-25-28-30-31-29-25/h2-15,23H,1H3,(H2,27,28,29,30,31,32). The molecule has 0 saturated heterocycles. The number of carbonyl (C=O) groups is 1. The van der Waals surface area contributed by atoms with Gasteiger partial charge in [-0.25, -0.2) is 4.98 Å². The Labute approximate surface area is 209 Å². The van der Waals surface area contributed by atoms with Gasteiger partial charge in [-0.05, 0) is 57.6 Å². The Kier molecular flexibility index (Phi) is 6.82. The Balaban J connectivity index is 1.53. The first-order valence-corrected chi connectivity index (χ1v) is 12.4. The summed E-state index contributed by atoms with van der Waals surface area (Å²) in [5.74, 6) is 0.644. The van der Waals surface area contributed by atoms with Crippen LogP contribution in [0.4, 0.5) is 5.95 Å². The number of benzene rings is 2. The lowest BCUT2D eigenvalue weighted by molar-refractivity contribution is -0.115. The summed E-state index contributed by atoms with van der Waals surface area (Å²) in [5, 5.41) is 18.4. The molecule has 5 rings (SSSR count). The van der Waals surface area contributed by atoms with E-state index < -0.39 is 5.25 Å². The molecule has 35 heavy (non-hydrogen) atoms. The highest BCUT2D eigenvalue weighted by atomic mass is 32.2. The zero-order valence-corrected chi connectivity index (χ0v) is 20.2. The predicted octanol–water partition coefficient (Wildman–Crippen LogP) is 5.47. The quantitative estimate of drug-likeness (QED) is 0.272. The van der Waals surface area contributed by atoms with Gasteiger partial charge in [-0.2, -0.15) is 5.21 Å². The molecule has 0 spiro atoms. The summed E-state index contributed by atoms with van der Waals surface area (Å²) in [4.78, 5) is 19.2. The highest BCUT2D eigenvalue weighted by molar-refractivity contribution is 8.00. The van der Waals surface area contributed by atoms with Gasteiger partial charge in [-0.15, -0.1) is 16.4 Å². The highest BCUT2D eigenvalue weighted by Crippen LogP contribution is 2.39. The van der Waals surface area contributed by atoms with Crippen LogP contribution in [0.15, 0.2) is 89.3 Å². The molecule has 1 unspecified atom stereocenters. The van der Waals surface area contributed by atoms with Gasteiger partial charge >= 0.3 is 0 Å². The summed E-state index contributed by atoms with van der Waals surface area (Å²) in [6.45, 7) is 0. The van der Waals surface area contributed by atoms with E-state index >= 15 is 0 Å². The number of thiophene rings is 1. The third-order valence-corrected chi connectivity index (χ3v) is 7.22. The van der Waals surface area contributed by atoms with Crippen molar-refractivity contribution in [2.45, 2.75) is 10.3 Å². The molecule has 5 aromatic rings. The fourth-order valence-corrected chi connectivity index (χ4v) is 5.21. The first kappa shape index (κ1) is 22.8. The van der Waals surface area contributed by atoms with Crippen molar-refractivity contribution in [3.8, 4) is 27.4 Å². The lowest BCUT2D eigenvalue weighted by Crippen LogP contribution is -2.20. The van der Waals surface area contributed by atoms with Crippen LogP contribution in [0.1, 0.15) is 10.8 Å². The number of anilines is 1. The van der Waals surface area contributed by atoms with Gasteiger partial charge in [0.2, 0.25) is 5.91 Å². The molecule has 8 nitrogen and oxygen atoms in total. The average Bonchev–Trinajstić information content (AvgIpc) is 3.62. The first-order chi connectivity index (χ1) is 17.2. The molecule has 2 aromatic carbocycles. The molecule has 0 aliphatic rings. The van der Waals surface area contributed by atoms with Crippen LogP contribution in [-0.4, -0.2) is 38.6 Å². The number of amides is 1. The maximum Gasteiger partial charge on any atom is 0.269 e. The minimum Gasteiger partial charge on any atom is -0.497 e. The SMILES string of the molecule is COc1ccc(-c2cc(SC(C(=O)Nc3nn[nH]n3)c3ccccc3)nc(-c3cccs3)c2)cc1. The number of rotatable bonds is 8. The Hall–Kier alpha value is -4.02. The van der Waals surface area contributed by atoms with E-state index in [-0.39, 0.29) is 11.9 Å². The van der Waals surface area contributed by atoms with Gasteiger partial charge in [0, 0.05) is 0 Å². The van der Waals surface area contributed by atoms with Crippen LogP contribution < -0.4 is 10.1 Å². The van der Waals surface area contributed by atoms with Gasteiger partial charge < -0.3 is 4.74 Å². The maximum absolute atomic E-state index is 13.3. The van der Waals surface area contributed by atoms with Crippen molar-refractivity contribution in [2.24, 2.45) is 0 Å². The Morgan fingerprint density at radius 1 is 1.03 bits per heavy atom. The topological polar surface area (TPSA) is 106 Å². The molecule has 2 N–H and O–H groups in total. The van der Waals surface area contributed by atoms with E-state index in [1.165, 1.54) is 11.8 Å². The van der Waals surface area contributed by atoms with Gasteiger partial charge in [0.05, 0.1) is 22.7 Å². The Bertz CT molecular complexity index is 1390. The second-order valence-corrected chi connectivity index (χ2v) is 9.49. The zero-order chi connectivity index (χ0) is 24.0. The zero-order valence-electron chi connectivity index (χ0n) is 18.6. The van der Waals surface area contributed by atoms with Crippen molar-refractivity contribution in [1.82, 2.24) is 25.6 Å². The minimum absolute atomic E-state index is 0.121. The molecular weight excluding hydrogens is 480 g/mol. The van der Waals surface area contributed by atoms with E-state index in [1.807, 2.05) is 78.2 Å². The number of ether oxygens (including phenoxy) is 1. The number of aromatic amines is 1. The molecule has 0 aliphatic heterocycles. The largest absolute Gasteiger partial charge is 0.497 e. The number of nitrogens with zero attached hydrogens (tertiary/aromatic N) is 4. The van der Waals surface area contributed by atoms with Crippen LogP contribution >= 0.6 is 23.1 Å². The molecule has 3 aromatic heterocycles. The summed E-state index contributed by atoms with van der Waals surface area (Å²) in [6.07, 6.45) is 0. The van der Waals surface area contributed by atoms with E-state index in [4.69, 9.17) is 9.72 Å². The monoisotopic (exact) mass is 500 g/mol. The summed E-state index contributed by atoms with van der Waals surface area (Å²) in [7, 11) is 1.65. The molecular formula is C25H20N6O2S2. The van der Waals surface area contributed by atoms with E-state index in [2.05, 4.69) is 32.0 Å². The van der Waals surface area contributed by atoms with Crippen LogP contribution in [0.25, 0.3) is 21.7 Å². The first-order valence-electron chi connectivity index (χ1n) is 10.7. The number of methoxy groups -OCH3 is 1. The molecule has 1 amide bonds. The number of aromatic nitrogens is 5. The van der Waals surface area contributed by atoms with Crippen LogP contribution in [-0.2, 0) is 4.79 Å². The van der Waals surface area contributed by atoms with Crippen molar-refractivity contribution < 1.29 is 9.53 Å². The van der Waals surface area contributed by atoms with Crippen molar-refractivity contribution in [3.63, 3.8) is 0 Å². The molecule has 0 fully saturated rings.